The summed E-state index contributed by atoms with van der Waals surface area (Å²) in [5.74, 6) is 0. The van der Waals surface area contributed by atoms with Gasteiger partial charge in [-0.05, 0) is 62.2 Å². The van der Waals surface area contributed by atoms with Crippen molar-refractivity contribution in [3.05, 3.63) is 112 Å². The molecule has 0 aliphatic rings. The van der Waals surface area contributed by atoms with E-state index in [1.165, 1.54) is 16.6 Å². The second-order valence-corrected chi connectivity index (χ2v) is 9.44. The number of aliphatic hydroxyl groups is 1. The monoisotopic (exact) mass is 452 g/mol. The van der Waals surface area contributed by atoms with Crippen LogP contribution >= 0.6 is 0 Å². The van der Waals surface area contributed by atoms with Crippen molar-refractivity contribution in [3.8, 4) is 0 Å². The fourth-order valence-electron chi connectivity index (χ4n) is 4.14. The van der Waals surface area contributed by atoms with E-state index in [1.54, 1.807) is 0 Å². The van der Waals surface area contributed by atoms with Gasteiger partial charge in [-0.2, -0.15) is 0 Å². The zero-order chi connectivity index (χ0) is 24.7. The van der Waals surface area contributed by atoms with Gasteiger partial charge in [0.25, 0.3) is 0 Å². The lowest BCUT2D eigenvalue weighted by atomic mass is 9.72. The Kier molecular flexibility index (Phi) is 8.65. The molecule has 4 heteroatoms. The first kappa shape index (κ1) is 25.7. The minimum Gasteiger partial charge on any atom is -0.380 e. The van der Waals surface area contributed by atoms with Gasteiger partial charge in [0.05, 0.1) is 5.69 Å². The van der Waals surface area contributed by atoms with E-state index < -0.39 is 5.60 Å². The second kappa shape index (κ2) is 11.5. The second-order valence-electron chi connectivity index (χ2n) is 9.44. The Morgan fingerprint density at radius 2 is 1.71 bits per heavy atom. The third kappa shape index (κ3) is 6.13. The highest BCUT2D eigenvalue weighted by molar-refractivity contribution is 6.44. The van der Waals surface area contributed by atoms with Gasteiger partial charge in [0.15, 0.2) is 0 Å². The summed E-state index contributed by atoms with van der Waals surface area (Å²) in [5, 5.41) is 12.1. The Bertz CT molecular complexity index is 1140. The molecule has 0 aliphatic carbocycles. The molecule has 1 aromatic heterocycles. The minimum atomic E-state index is -1.21. The summed E-state index contributed by atoms with van der Waals surface area (Å²) in [6.45, 7) is 11.5. The molecule has 176 valence electrons. The van der Waals surface area contributed by atoms with Gasteiger partial charge >= 0.3 is 0 Å². The van der Waals surface area contributed by atoms with E-state index in [4.69, 9.17) is 4.98 Å². The number of hydrogen-bond acceptors (Lipinski definition) is 3. The zero-order valence-electron chi connectivity index (χ0n) is 21.3. The van der Waals surface area contributed by atoms with Crippen LogP contribution in [0.25, 0.3) is 11.6 Å². The largest absolute Gasteiger partial charge is 0.380 e. The van der Waals surface area contributed by atoms with E-state index in [1.807, 2.05) is 50.5 Å². The summed E-state index contributed by atoms with van der Waals surface area (Å²) < 4.78 is 0. The van der Waals surface area contributed by atoms with Crippen LogP contribution in [-0.4, -0.2) is 42.9 Å². The van der Waals surface area contributed by atoms with Gasteiger partial charge in [-0.3, -0.25) is 4.98 Å². The van der Waals surface area contributed by atoms with E-state index in [0.29, 0.717) is 12.0 Å². The van der Waals surface area contributed by atoms with E-state index in [0.717, 1.165) is 42.8 Å². The maximum atomic E-state index is 12.1. The van der Waals surface area contributed by atoms with Crippen molar-refractivity contribution in [2.45, 2.75) is 39.1 Å². The van der Waals surface area contributed by atoms with Crippen molar-refractivity contribution in [1.82, 2.24) is 9.88 Å². The number of nitrogens with zero attached hydrogens (tertiary/aromatic N) is 2. The Morgan fingerprint density at radius 1 is 1.09 bits per heavy atom. The van der Waals surface area contributed by atoms with Crippen LogP contribution in [0.15, 0.2) is 78.8 Å². The highest BCUT2D eigenvalue weighted by atomic mass is 16.3. The molecule has 3 rings (SSSR count). The Labute approximate surface area is 206 Å². The molecule has 0 bridgehead atoms. The summed E-state index contributed by atoms with van der Waals surface area (Å²) in [7, 11) is 5.00. The molecule has 0 spiro atoms. The first-order chi connectivity index (χ1) is 16.2. The van der Waals surface area contributed by atoms with Crippen molar-refractivity contribution in [2.24, 2.45) is 0 Å². The Hall–Kier alpha value is -2.95. The standard InChI is InChI=1S/C30H37BN2O/c1-22(31-4)19-27-21-26(20-25-13-9-7-10-14-25)24(3)32-29(27)23(2)30(34,17-18-33(5)6)28-15-11-8-12-16-28/h7-16,19,21,31,34H,2,17-18,20H2,1,3-6H3/b22-19+. The van der Waals surface area contributed by atoms with E-state index in [-0.39, 0.29) is 0 Å². The van der Waals surface area contributed by atoms with Crippen LogP contribution in [-0.2, 0) is 12.0 Å². The summed E-state index contributed by atoms with van der Waals surface area (Å²) in [6, 6.07) is 22.6. The van der Waals surface area contributed by atoms with Crippen LogP contribution in [0.2, 0.25) is 6.82 Å². The average Bonchev–Trinajstić information content (AvgIpc) is 2.85. The number of allylic oxidation sites excluding steroid dienone is 1. The van der Waals surface area contributed by atoms with Crippen LogP contribution in [0.4, 0.5) is 0 Å². The quantitative estimate of drug-likeness (QED) is 0.402. The molecule has 3 nitrogen and oxygen atoms in total. The molecule has 1 atom stereocenters. The molecule has 0 radical (unpaired) electrons. The van der Waals surface area contributed by atoms with E-state index in [2.05, 4.69) is 68.6 Å². The molecule has 0 aliphatic heterocycles. The molecule has 1 heterocycles. The van der Waals surface area contributed by atoms with Crippen LogP contribution < -0.4 is 0 Å². The number of benzene rings is 2. The van der Waals surface area contributed by atoms with Gasteiger partial charge in [0, 0.05) is 17.8 Å². The SMILES string of the molecule is C=C(c1nc(C)c(Cc2ccccc2)cc1/C=C(\C)BC)C(O)(CCN(C)C)c1ccccc1. The van der Waals surface area contributed by atoms with Crippen LogP contribution in [0.3, 0.4) is 0 Å². The Balaban J connectivity index is 2.12. The third-order valence-corrected chi connectivity index (χ3v) is 6.50. The van der Waals surface area contributed by atoms with Crippen LogP contribution in [0, 0.1) is 6.92 Å². The highest BCUT2D eigenvalue weighted by Gasteiger charge is 2.35. The fourth-order valence-corrected chi connectivity index (χ4v) is 4.14. The number of aromatic nitrogens is 1. The molecule has 1 unspecified atom stereocenters. The lowest BCUT2D eigenvalue weighted by Gasteiger charge is -2.33. The van der Waals surface area contributed by atoms with Crippen molar-refractivity contribution in [3.63, 3.8) is 0 Å². The molecule has 0 saturated carbocycles. The predicted molar refractivity (Wildman–Crippen MR) is 147 cm³/mol. The summed E-state index contributed by atoms with van der Waals surface area (Å²) >= 11 is 0. The third-order valence-electron chi connectivity index (χ3n) is 6.50. The molecule has 1 N–H and O–H groups in total. The van der Waals surface area contributed by atoms with Crippen LogP contribution in [0.1, 0.15) is 47.0 Å². The molecular formula is C30H37BN2O. The average molecular weight is 452 g/mol. The molecule has 3 aromatic rings. The van der Waals surface area contributed by atoms with Crippen LogP contribution in [0.5, 0.6) is 0 Å². The smallest absolute Gasteiger partial charge is 0.148 e. The fraction of sp³-hybridized carbons (Fsp3) is 0.300. The van der Waals surface area contributed by atoms with Gasteiger partial charge in [0.1, 0.15) is 12.9 Å². The summed E-state index contributed by atoms with van der Waals surface area (Å²) in [6.07, 6.45) is 3.55. The van der Waals surface area contributed by atoms with Gasteiger partial charge < -0.3 is 10.0 Å². The molecule has 2 aromatic carbocycles. The van der Waals surface area contributed by atoms with Gasteiger partial charge in [-0.25, -0.2) is 0 Å². The molecule has 0 saturated heterocycles. The first-order valence-electron chi connectivity index (χ1n) is 12.1. The van der Waals surface area contributed by atoms with Crippen molar-refractivity contribution < 1.29 is 5.11 Å². The zero-order valence-corrected chi connectivity index (χ0v) is 21.3. The maximum Gasteiger partial charge on any atom is 0.148 e. The number of pyridine rings is 1. The predicted octanol–water partition coefficient (Wildman–Crippen LogP) is 5.68. The topological polar surface area (TPSA) is 36.4 Å². The number of aryl methyl sites for hydroxylation is 1. The highest BCUT2D eigenvalue weighted by Crippen LogP contribution is 2.39. The summed E-state index contributed by atoms with van der Waals surface area (Å²) in [5.41, 5.74) is 6.74. The maximum absolute atomic E-state index is 12.1. The molecule has 0 amide bonds. The molecule has 0 fully saturated rings. The van der Waals surface area contributed by atoms with E-state index >= 15 is 0 Å². The van der Waals surface area contributed by atoms with Gasteiger partial charge in [-0.15, -0.1) is 5.47 Å². The Morgan fingerprint density at radius 3 is 2.29 bits per heavy atom. The lowest BCUT2D eigenvalue weighted by molar-refractivity contribution is 0.0815. The summed E-state index contributed by atoms with van der Waals surface area (Å²) in [4.78, 5) is 7.15. The van der Waals surface area contributed by atoms with Crippen molar-refractivity contribution >= 4 is 18.9 Å². The van der Waals surface area contributed by atoms with Gasteiger partial charge in [0.2, 0.25) is 0 Å². The van der Waals surface area contributed by atoms with Gasteiger partial charge in [-0.1, -0.05) is 87.1 Å². The number of rotatable bonds is 10. The van der Waals surface area contributed by atoms with E-state index in [9.17, 15) is 5.11 Å². The minimum absolute atomic E-state index is 0.533. The number of hydrogen-bond donors (Lipinski definition) is 1. The normalized spacial score (nSPS) is 13.6. The van der Waals surface area contributed by atoms with Crippen molar-refractivity contribution in [1.29, 1.82) is 0 Å². The van der Waals surface area contributed by atoms with Crippen molar-refractivity contribution in [2.75, 3.05) is 20.6 Å². The molecular weight excluding hydrogens is 415 g/mol. The molecule has 34 heavy (non-hydrogen) atoms. The first-order valence-corrected chi connectivity index (χ1v) is 12.1. The lowest BCUT2D eigenvalue weighted by Crippen LogP contribution is -2.32.